The summed E-state index contributed by atoms with van der Waals surface area (Å²) in [6.45, 7) is 5.76. The first-order valence-electron chi connectivity index (χ1n) is 7.00. The molecule has 2 atom stereocenters. The van der Waals surface area contributed by atoms with E-state index in [-0.39, 0.29) is 5.91 Å². The van der Waals surface area contributed by atoms with Crippen LogP contribution >= 0.6 is 0 Å². The lowest BCUT2D eigenvalue weighted by Gasteiger charge is -2.07. The minimum Gasteiger partial charge on any atom is -0.481 e. The van der Waals surface area contributed by atoms with Crippen LogP contribution in [0.5, 0.6) is 0 Å². The summed E-state index contributed by atoms with van der Waals surface area (Å²) >= 11 is 0. The van der Waals surface area contributed by atoms with Gasteiger partial charge >= 0.3 is 5.97 Å². The highest BCUT2D eigenvalue weighted by molar-refractivity contribution is 5.99. The summed E-state index contributed by atoms with van der Waals surface area (Å²) in [6.07, 6.45) is 2.10. The van der Waals surface area contributed by atoms with E-state index in [1.54, 1.807) is 0 Å². The first-order valence-corrected chi connectivity index (χ1v) is 7.00. The lowest BCUT2D eigenvalue weighted by atomic mass is 10.1. The molecule has 1 aliphatic rings. The standard InChI is InChI=1S/C16H21NO3/c1-4-5-10-6-8-11(9-7-10)17-14(18)12-13(15(19)20)16(12,2)3/h6-9,12-13H,4-5H2,1-3H3,(H,17,18)(H,19,20). The Labute approximate surface area is 119 Å². The van der Waals surface area contributed by atoms with Gasteiger partial charge in [0.15, 0.2) is 0 Å². The van der Waals surface area contributed by atoms with E-state index < -0.39 is 23.2 Å². The van der Waals surface area contributed by atoms with Gasteiger partial charge in [0.2, 0.25) is 5.91 Å². The number of rotatable bonds is 5. The number of benzene rings is 1. The van der Waals surface area contributed by atoms with Gasteiger partial charge in [-0.1, -0.05) is 39.3 Å². The van der Waals surface area contributed by atoms with Gasteiger partial charge in [-0.25, -0.2) is 0 Å². The Balaban J connectivity index is 2.00. The molecule has 1 aliphatic carbocycles. The van der Waals surface area contributed by atoms with Crippen molar-refractivity contribution in [3.8, 4) is 0 Å². The molecule has 108 valence electrons. The van der Waals surface area contributed by atoms with Crippen LogP contribution in [0.1, 0.15) is 32.8 Å². The maximum atomic E-state index is 12.1. The second-order valence-corrected chi connectivity index (χ2v) is 6.05. The van der Waals surface area contributed by atoms with Crippen LogP contribution < -0.4 is 5.32 Å². The number of carbonyl (C=O) groups is 2. The van der Waals surface area contributed by atoms with Crippen LogP contribution in [-0.2, 0) is 16.0 Å². The van der Waals surface area contributed by atoms with Gasteiger partial charge in [0.05, 0.1) is 11.8 Å². The predicted molar refractivity (Wildman–Crippen MR) is 77.5 cm³/mol. The van der Waals surface area contributed by atoms with Crippen LogP contribution in [0.15, 0.2) is 24.3 Å². The van der Waals surface area contributed by atoms with E-state index in [2.05, 4.69) is 12.2 Å². The number of carboxylic acid groups (broad SMARTS) is 1. The van der Waals surface area contributed by atoms with Crippen LogP contribution in [0.3, 0.4) is 0 Å². The number of amides is 1. The van der Waals surface area contributed by atoms with Crippen molar-refractivity contribution >= 4 is 17.6 Å². The summed E-state index contributed by atoms with van der Waals surface area (Å²) in [6, 6.07) is 7.72. The van der Waals surface area contributed by atoms with Crippen molar-refractivity contribution in [2.24, 2.45) is 17.3 Å². The number of hydrogen-bond acceptors (Lipinski definition) is 2. The van der Waals surface area contributed by atoms with Gasteiger partial charge in [-0.3, -0.25) is 9.59 Å². The van der Waals surface area contributed by atoms with Crippen molar-refractivity contribution in [2.75, 3.05) is 5.32 Å². The molecule has 2 N–H and O–H groups in total. The van der Waals surface area contributed by atoms with E-state index in [4.69, 9.17) is 5.11 Å². The first-order chi connectivity index (χ1) is 9.37. The first kappa shape index (κ1) is 14.6. The fourth-order valence-electron chi connectivity index (χ4n) is 2.85. The minimum absolute atomic E-state index is 0.203. The van der Waals surface area contributed by atoms with Gasteiger partial charge in [-0.05, 0) is 29.5 Å². The van der Waals surface area contributed by atoms with Crippen LogP contribution in [-0.4, -0.2) is 17.0 Å². The third-order valence-electron chi connectivity index (χ3n) is 4.14. The molecule has 1 fully saturated rings. The van der Waals surface area contributed by atoms with Crippen LogP contribution in [0, 0.1) is 17.3 Å². The fraction of sp³-hybridized carbons (Fsp3) is 0.500. The van der Waals surface area contributed by atoms with Crippen molar-refractivity contribution in [3.05, 3.63) is 29.8 Å². The van der Waals surface area contributed by atoms with Gasteiger partial charge in [0, 0.05) is 5.69 Å². The van der Waals surface area contributed by atoms with E-state index >= 15 is 0 Å². The summed E-state index contributed by atoms with van der Waals surface area (Å²) in [4.78, 5) is 23.2. The molecule has 0 aromatic heterocycles. The van der Waals surface area contributed by atoms with Crippen LogP contribution in [0.2, 0.25) is 0 Å². The van der Waals surface area contributed by atoms with Crippen LogP contribution in [0.4, 0.5) is 5.69 Å². The second-order valence-electron chi connectivity index (χ2n) is 6.05. The highest BCUT2D eigenvalue weighted by atomic mass is 16.4. The normalized spacial score (nSPS) is 23.1. The lowest BCUT2D eigenvalue weighted by Crippen LogP contribution is -2.17. The summed E-state index contributed by atoms with van der Waals surface area (Å²) in [7, 11) is 0. The highest BCUT2D eigenvalue weighted by Gasteiger charge is 2.65. The number of hydrogen-bond donors (Lipinski definition) is 2. The number of carboxylic acids is 1. The minimum atomic E-state index is -0.895. The monoisotopic (exact) mass is 275 g/mol. The molecule has 1 saturated carbocycles. The summed E-state index contributed by atoms with van der Waals surface area (Å²) in [5.74, 6) is -2.13. The van der Waals surface area contributed by atoms with Gasteiger partial charge in [0.1, 0.15) is 0 Å². The predicted octanol–water partition coefficient (Wildman–Crippen LogP) is 2.93. The van der Waals surface area contributed by atoms with Gasteiger partial charge in [-0.15, -0.1) is 0 Å². The molecule has 0 heterocycles. The maximum Gasteiger partial charge on any atom is 0.307 e. The molecule has 0 saturated heterocycles. The molecule has 4 nitrogen and oxygen atoms in total. The van der Waals surface area contributed by atoms with E-state index in [0.29, 0.717) is 0 Å². The molecule has 0 aliphatic heterocycles. The highest BCUT2D eigenvalue weighted by Crippen LogP contribution is 2.58. The molecular weight excluding hydrogens is 254 g/mol. The molecule has 0 radical (unpaired) electrons. The number of aliphatic carboxylic acids is 1. The van der Waals surface area contributed by atoms with E-state index in [9.17, 15) is 9.59 Å². The number of carbonyl (C=O) groups excluding carboxylic acids is 1. The number of aryl methyl sites for hydroxylation is 1. The third kappa shape index (κ3) is 2.69. The maximum absolute atomic E-state index is 12.1. The Bertz CT molecular complexity index is 519. The molecular formula is C16H21NO3. The van der Waals surface area contributed by atoms with E-state index in [0.717, 1.165) is 18.5 Å². The summed E-state index contributed by atoms with van der Waals surface area (Å²) in [5, 5.41) is 11.9. The molecule has 2 rings (SSSR count). The van der Waals surface area contributed by atoms with E-state index in [1.807, 2.05) is 38.1 Å². The van der Waals surface area contributed by atoms with Gasteiger partial charge in [-0.2, -0.15) is 0 Å². The van der Waals surface area contributed by atoms with Gasteiger partial charge < -0.3 is 10.4 Å². The molecule has 1 aromatic carbocycles. The Morgan fingerprint density at radius 1 is 1.20 bits per heavy atom. The number of anilines is 1. The fourth-order valence-corrected chi connectivity index (χ4v) is 2.85. The summed E-state index contributed by atoms with van der Waals surface area (Å²) < 4.78 is 0. The zero-order valence-corrected chi connectivity index (χ0v) is 12.1. The molecule has 1 aromatic rings. The van der Waals surface area contributed by atoms with Crippen molar-refractivity contribution in [1.82, 2.24) is 0 Å². The largest absolute Gasteiger partial charge is 0.481 e. The molecule has 0 spiro atoms. The molecule has 1 amide bonds. The van der Waals surface area contributed by atoms with Crippen LogP contribution in [0.25, 0.3) is 0 Å². The lowest BCUT2D eigenvalue weighted by molar-refractivity contribution is -0.140. The van der Waals surface area contributed by atoms with Crippen molar-refractivity contribution in [2.45, 2.75) is 33.6 Å². The Morgan fingerprint density at radius 2 is 1.80 bits per heavy atom. The molecule has 20 heavy (non-hydrogen) atoms. The summed E-state index contributed by atoms with van der Waals surface area (Å²) in [5.41, 5.74) is 1.50. The zero-order chi connectivity index (χ0) is 14.9. The Hall–Kier alpha value is -1.84. The molecule has 0 bridgehead atoms. The third-order valence-corrected chi connectivity index (χ3v) is 4.14. The average molecular weight is 275 g/mol. The van der Waals surface area contributed by atoms with Gasteiger partial charge in [0.25, 0.3) is 0 Å². The molecule has 2 unspecified atom stereocenters. The topological polar surface area (TPSA) is 66.4 Å². The van der Waals surface area contributed by atoms with Crippen molar-refractivity contribution in [3.63, 3.8) is 0 Å². The second kappa shape index (κ2) is 5.27. The SMILES string of the molecule is CCCc1ccc(NC(=O)C2C(C(=O)O)C2(C)C)cc1. The zero-order valence-electron chi connectivity index (χ0n) is 12.1. The smallest absolute Gasteiger partial charge is 0.307 e. The van der Waals surface area contributed by atoms with Crippen molar-refractivity contribution < 1.29 is 14.7 Å². The Morgan fingerprint density at radius 3 is 2.25 bits per heavy atom. The Kier molecular flexibility index (Phi) is 3.84. The quantitative estimate of drug-likeness (QED) is 0.868. The van der Waals surface area contributed by atoms with Crippen molar-refractivity contribution in [1.29, 1.82) is 0 Å². The van der Waals surface area contributed by atoms with E-state index in [1.165, 1.54) is 5.56 Å². The average Bonchev–Trinajstić information content (AvgIpc) is 2.95. The number of nitrogens with one attached hydrogen (secondary N) is 1. The molecule has 4 heteroatoms.